The lowest BCUT2D eigenvalue weighted by Gasteiger charge is -2.44. The Hall–Kier alpha value is -2.26. The third-order valence-electron chi connectivity index (χ3n) is 4.55. The van der Waals surface area contributed by atoms with Crippen molar-refractivity contribution >= 4 is 5.82 Å². The number of nitrogens with two attached hydrogens (primary N) is 1. The highest BCUT2D eigenvalue weighted by atomic mass is 16.7. The van der Waals surface area contributed by atoms with Crippen molar-refractivity contribution < 1.29 is 19.3 Å². The third-order valence-corrected chi connectivity index (χ3v) is 4.55. The Morgan fingerprint density at radius 2 is 1.96 bits per heavy atom. The van der Waals surface area contributed by atoms with Crippen LogP contribution in [0.5, 0.6) is 0 Å². The van der Waals surface area contributed by atoms with Gasteiger partial charge in [-0.2, -0.15) is 4.98 Å². The van der Waals surface area contributed by atoms with Crippen LogP contribution in [0.3, 0.4) is 0 Å². The van der Waals surface area contributed by atoms with E-state index < -0.39 is 30.2 Å². The van der Waals surface area contributed by atoms with Gasteiger partial charge in [-0.1, -0.05) is 30.3 Å². The summed E-state index contributed by atoms with van der Waals surface area (Å²) < 4.78 is 18.7. The zero-order chi connectivity index (χ0) is 17.4. The molecule has 2 saturated heterocycles. The Bertz CT molecular complexity index is 796. The van der Waals surface area contributed by atoms with Gasteiger partial charge in [0, 0.05) is 11.8 Å². The van der Waals surface area contributed by atoms with Gasteiger partial charge in [0.1, 0.15) is 24.1 Å². The topological polar surface area (TPSA) is 109 Å². The van der Waals surface area contributed by atoms with E-state index in [0.717, 1.165) is 5.56 Å². The minimum atomic E-state index is -0.933. The van der Waals surface area contributed by atoms with E-state index >= 15 is 0 Å². The zero-order valence-corrected chi connectivity index (χ0v) is 13.4. The van der Waals surface area contributed by atoms with Gasteiger partial charge in [0.15, 0.2) is 6.29 Å². The second-order valence-corrected chi connectivity index (χ2v) is 6.15. The Balaban J connectivity index is 1.57. The number of aromatic nitrogens is 2. The van der Waals surface area contributed by atoms with Gasteiger partial charge < -0.3 is 25.1 Å². The molecule has 4 rings (SSSR count). The van der Waals surface area contributed by atoms with E-state index in [1.807, 2.05) is 30.3 Å². The predicted octanol–water partition coefficient (Wildman–Crippen LogP) is 0.240. The first-order valence-electron chi connectivity index (χ1n) is 8.10. The molecule has 0 amide bonds. The Morgan fingerprint density at radius 3 is 2.72 bits per heavy atom. The SMILES string of the molecule is Nc1ccn(C2COC3COC(c4ccccc4)OC3C2O)c(=O)n1. The van der Waals surface area contributed by atoms with Crippen molar-refractivity contribution in [1.82, 2.24) is 9.55 Å². The summed E-state index contributed by atoms with van der Waals surface area (Å²) in [6, 6.07) is 10.4. The molecule has 1 aromatic heterocycles. The first-order valence-corrected chi connectivity index (χ1v) is 8.10. The molecule has 3 N–H and O–H groups in total. The molecule has 2 aromatic rings. The monoisotopic (exact) mass is 345 g/mol. The number of aliphatic hydroxyl groups excluding tert-OH is 1. The molecule has 5 atom stereocenters. The average molecular weight is 345 g/mol. The van der Waals surface area contributed by atoms with Gasteiger partial charge in [0.2, 0.25) is 0 Å². The highest BCUT2D eigenvalue weighted by Gasteiger charge is 2.45. The molecule has 0 radical (unpaired) electrons. The van der Waals surface area contributed by atoms with Crippen LogP contribution in [0.2, 0.25) is 0 Å². The lowest BCUT2D eigenvalue weighted by Crippen LogP contribution is -2.57. The van der Waals surface area contributed by atoms with Gasteiger partial charge in [-0.15, -0.1) is 0 Å². The van der Waals surface area contributed by atoms with Crippen LogP contribution in [0.1, 0.15) is 17.9 Å². The van der Waals surface area contributed by atoms with Crippen molar-refractivity contribution in [3.8, 4) is 0 Å². The minimum absolute atomic E-state index is 0.136. The lowest BCUT2D eigenvalue weighted by atomic mass is 9.97. The summed E-state index contributed by atoms with van der Waals surface area (Å²) in [5, 5.41) is 10.8. The van der Waals surface area contributed by atoms with Gasteiger partial charge >= 0.3 is 5.69 Å². The maximum atomic E-state index is 12.1. The normalized spacial score (nSPS) is 32.1. The molecule has 8 nitrogen and oxygen atoms in total. The maximum absolute atomic E-state index is 12.1. The molecule has 0 saturated carbocycles. The van der Waals surface area contributed by atoms with E-state index in [-0.39, 0.29) is 18.5 Å². The molecule has 5 unspecified atom stereocenters. The van der Waals surface area contributed by atoms with E-state index in [0.29, 0.717) is 6.61 Å². The number of nitrogen functional groups attached to an aromatic ring is 1. The summed E-state index contributed by atoms with van der Waals surface area (Å²) in [5.74, 6) is 0.136. The number of anilines is 1. The Morgan fingerprint density at radius 1 is 1.16 bits per heavy atom. The van der Waals surface area contributed by atoms with Crippen molar-refractivity contribution in [1.29, 1.82) is 0 Å². The molecule has 0 aliphatic carbocycles. The van der Waals surface area contributed by atoms with E-state index in [2.05, 4.69) is 4.98 Å². The number of benzene rings is 1. The first kappa shape index (κ1) is 16.2. The maximum Gasteiger partial charge on any atom is 0.349 e. The number of fused-ring (bicyclic) bond motifs is 1. The molecule has 2 fully saturated rings. The van der Waals surface area contributed by atoms with Crippen molar-refractivity contribution in [3.63, 3.8) is 0 Å². The van der Waals surface area contributed by atoms with Crippen molar-refractivity contribution in [2.24, 2.45) is 0 Å². The number of rotatable bonds is 2. The highest BCUT2D eigenvalue weighted by Crippen LogP contribution is 2.34. The second kappa shape index (κ2) is 6.57. The summed E-state index contributed by atoms with van der Waals surface area (Å²) in [6.07, 6.45) is -1.00. The van der Waals surface area contributed by atoms with Crippen LogP contribution in [0.15, 0.2) is 47.4 Å². The van der Waals surface area contributed by atoms with Crippen LogP contribution >= 0.6 is 0 Å². The fraction of sp³-hybridized carbons (Fsp3) is 0.412. The molecular formula is C17H19N3O5. The molecule has 25 heavy (non-hydrogen) atoms. The first-order chi connectivity index (χ1) is 12.1. The third kappa shape index (κ3) is 3.05. The van der Waals surface area contributed by atoms with Gasteiger partial charge in [0.05, 0.1) is 19.3 Å². The van der Waals surface area contributed by atoms with Crippen molar-refractivity contribution in [2.45, 2.75) is 30.6 Å². The number of ether oxygens (including phenoxy) is 3. The van der Waals surface area contributed by atoms with E-state index in [9.17, 15) is 9.90 Å². The predicted molar refractivity (Wildman–Crippen MR) is 87.7 cm³/mol. The minimum Gasteiger partial charge on any atom is -0.388 e. The van der Waals surface area contributed by atoms with E-state index in [1.54, 1.807) is 0 Å². The van der Waals surface area contributed by atoms with Gasteiger partial charge in [-0.05, 0) is 6.07 Å². The summed E-state index contributed by atoms with van der Waals surface area (Å²) in [5.41, 5.74) is 5.85. The Kier molecular flexibility index (Phi) is 4.26. The largest absolute Gasteiger partial charge is 0.388 e. The van der Waals surface area contributed by atoms with Gasteiger partial charge in [0.25, 0.3) is 0 Å². The molecular weight excluding hydrogens is 326 g/mol. The lowest BCUT2D eigenvalue weighted by molar-refractivity contribution is -0.306. The molecule has 1 aromatic carbocycles. The molecule has 0 spiro atoms. The van der Waals surface area contributed by atoms with Gasteiger partial charge in [-0.25, -0.2) is 4.79 Å². The van der Waals surface area contributed by atoms with E-state index in [4.69, 9.17) is 19.9 Å². The molecule has 132 valence electrons. The van der Waals surface area contributed by atoms with Crippen LogP contribution < -0.4 is 11.4 Å². The fourth-order valence-electron chi connectivity index (χ4n) is 3.24. The van der Waals surface area contributed by atoms with Crippen LogP contribution in [0.4, 0.5) is 5.82 Å². The van der Waals surface area contributed by atoms with Gasteiger partial charge in [-0.3, -0.25) is 4.57 Å². The van der Waals surface area contributed by atoms with E-state index in [1.165, 1.54) is 16.8 Å². The standard InChI is InChI=1S/C17H19N3O5/c18-13-6-7-20(17(22)19-13)11-8-23-12-9-24-16(25-15(12)14(11)21)10-4-2-1-3-5-10/h1-7,11-12,14-16,21H,8-9H2,(H2,18,19,22). The Labute approximate surface area is 143 Å². The van der Waals surface area contributed by atoms with Crippen LogP contribution in [0.25, 0.3) is 0 Å². The molecule has 8 heteroatoms. The van der Waals surface area contributed by atoms with Crippen LogP contribution in [0, 0.1) is 0 Å². The fourth-order valence-corrected chi connectivity index (χ4v) is 3.24. The summed E-state index contributed by atoms with van der Waals surface area (Å²) in [6.45, 7) is 0.472. The van der Waals surface area contributed by atoms with Crippen LogP contribution in [-0.4, -0.2) is 46.2 Å². The number of nitrogens with zero attached hydrogens (tertiary/aromatic N) is 2. The number of hydrogen-bond acceptors (Lipinski definition) is 7. The van der Waals surface area contributed by atoms with Crippen LogP contribution in [-0.2, 0) is 14.2 Å². The smallest absolute Gasteiger partial charge is 0.349 e. The summed E-state index contributed by atoms with van der Waals surface area (Å²) in [4.78, 5) is 15.8. The number of hydrogen-bond donors (Lipinski definition) is 2. The highest BCUT2D eigenvalue weighted by molar-refractivity contribution is 5.24. The van der Waals surface area contributed by atoms with Crippen molar-refractivity contribution in [3.05, 3.63) is 58.6 Å². The quantitative estimate of drug-likeness (QED) is 0.802. The molecule has 2 aliphatic rings. The molecule has 0 bridgehead atoms. The zero-order valence-electron chi connectivity index (χ0n) is 13.4. The summed E-state index contributed by atoms with van der Waals surface area (Å²) in [7, 11) is 0. The average Bonchev–Trinajstić information content (AvgIpc) is 2.63. The van der Waals surface area contributed by atoms with Crippen molar-refractivity contribution in [2.75, 3.05) is 18.9 Å². The molecule has 2 aliphatic heterocycles. The molecule has 3 heterocycles. The summed E-state index contributed by atoms with van der Waals surface area (Å²) >= 11 is 0. The second-order valence-electron chi connectivity index (χ2n) is 6.15. The number of aliphatic hydroxyl groups is 1.